The molecule has 1 aromatic rings. The number of amides is 1. The van der Waals surface area contributed by atoms with Crippen LogP contribution in [-0.4, -0.2) is 50.0 Å². The molecule has 0 aromatic heterocycles. The van der Waals surface area contributed by atoms with Gasteiger partial charge in [0.1, 0.15) is 12.6 Å². The summed E-state index contributed by atoms with van der Waals surface area (Å²) in [7, 11) is 1.53. The molecule has 0 spiro atoms. The summed E-state index contributed by atoms with van der Waals surface area (Å²) in [5.74, 6) is -1.52. The number of nitrogens with one attached hydrogen (secondary N) is 1. The first-order valence-electron chi connectivity index (χ1n) is 6.36. The van der Waals surface area contributed by atoms with Gasteiger partial charge in [0.25, 0.3) is 0 Å². The Morgan fingerprint density at radius 2 is 2.14 bits per heavy atom. The molecule has 1 atom stereocenters. The van der Waals surface area contributed by atoms with Gasteiger partial charge in [-0.1, -0.05) is 12.1 Å². The van der Waals surface area contributed by atoms with Crippen LogP contribution in [0.3, 0.4) is 0 Å². The minimum Gasteiger partial charge on any atom is -0.480 e. The number of halogens is 1. The number of hydrogen-bond acceptors (Lipinski definition) is 4. The quantitative estimate of drug-likeness (QED) is 0.473. The fourth-order valence-corrected chi connectivity index (χ4v) is 2.25. The molecule has 0 heterocycles. The predicted molar refractivity (Wildman–Crippen MR) is 85.1 cm³/mol. The Kier molecular flexibility index (Phi) is 8.24. The average Bonchev–Trinajstić information content (AvgIpc) is 2.43. The van der Waals surface area contributed by atoms with Gasteiger partial charge in [0.2, 0.25) is 5.91 Å². The van der Waals surface area contributed by atoms with E-state index in [1.54, 1.807) is 0 Å². The highest BCUT2D eigenvalue weighted by Crippen LogP contribution is 2.10. The highest BCUT2D eigenvalue weighted by Gasteiger charge is 2.20. The van der Waals surface area contributed by atoms with Crippen molar-refractivity contribution in [1.82, 2.24) is 5.32 Å². The van der Waals surface area contributed by atoms with Crippen molar-refractivity contribution in [2.75, 3.05) is 26.9 Å². The first-order valence-corrected chi connectivity index (χ1v) is 7.44. The highest BCUT2D eigenvalue weighted by atomic mass is 127. The smallest absolute Gasteiger partial charge is 0.326 e. The lowest BCUT2D eigenvalue weighted by atomic mass is 10.1. The maximum atomic E-state index is 11.6. The molecule has 0 aliphatic rings. The van der Waals surface area contributed by atoms with Crippen LogP contribution in [0.15, 0.2) is 24.3 Å². The summed E-state index contributed by atoms with van der Waals surface area (Å²) in [6, 6.07) is 6.52. The summed E-state index contributed by atoms with van der Waals surface area (Å²) in [4.78, 5) is 22.9. The summed E-state index contributed by atoms with van der Waals surface area (Å²) in [6.07, 6.45) is 0.232. The predicted octanol–water partition coefficient (Wildman–Crippen LogP) is 1.07. The van der Waals surface area contributed by atoms with E-state index in [1.807, 2.05) is 24.3 Å². The highest BCUT2D eigenvalue weighted by molar-refractivity contribution is 14.1. The SMILES string of the molecule is COCCOCC(=O)N[C@@H](Cc1cccc(I)c1)C(=O)O. The molecule has 1 aromatic carbocycles. The lowest BCUT2D eigenvalue weighted by Crippen LogP contribution is -2.44. The van der Waals surface area contributed by atoms with Crippen LogP contribution in [-0.2, 0) is 25.5 Å². The zero-order valence-electron chi connectivity index (χ0n) is 11.7. The Balaban J connectivity index is 2.50. The first kappa shape index (κ1) is 17.9. The fraction of sp³-hybridized carbons (Fsp3) is 0.429. The third-order valence-electron chi connectivity index (χ3n) is 2.63. The van der Waals surface area contributed by atoms with Gasteiger partial charge in [0, 0.05) is 17.1 Å². The maximum absolute atomic E-state index is 11.6. The molecular weight excluding hydrogens is 389 g/mol. The Labute approximate surface area is 137 Å². The van der Waals surface area contributed by atoms with Crippen LogP contribution in [0.5, 0.6) is 0 Å². The monoisotopic (exact) mass is 407 g/mol. The number of carbonyl (C=O) groups excluding carboxylic acids is 1. The van der Waals surface area contributed by atoms with E-state index in [0.717, 1.165) is 9.13 Å². The average molecular weight is 407 g/mol. The number of benzene rings is 1. The molecule has 6 nitrogen and oxygen atoms in total. The van der Waals surface area contributed by atoms with Crippen molar-refractivity contribution in [3.8, 4) is 0 Å². The molecule has 0 aliphatic carbocycles. The number of aliphatic carboxylic acids is 1. The fourth-order valence-electron chi connectivity index (χ4n) is 1.64. The molecule has 1 rings (SSSR count). The van der Waals surface area contributed by atoms with E-state index in [1.165, 1.54) is 7.11 Å². The summed E-state index contributed by atoms with van der Waals surface area (Å²) in [6.45, 7) is 0.496. The van der Waals surface area contributed by atoms with E-state index in [9.17, 15) is 14.7 Å². The molecule has 0 saturated heterocycles. The Morgan fingerprint density at radius 1 is 1.38 bits per heavy atom. The van der Waals surface area contributed by atoms with Gasteiger partial charge in [-0.2, -0.15) is 0 Å². The number of carboxylic acids is 1. The summed E-state index contributed by atoms with van der Waals surface area (Å²) in [5.41, 5.74) is 0.856. The molecular formula is C14H18INO5. The number of hydrogen-bond donors (Lipinski definition) is 2. The largest absolute Gasteiger partial charge is 0.480 e. The normalized spacial score (nSPS) is 11.9. The van der Waals surface area contributed by atoms with Crippen molar-refractivity contribution in [3.63, 3.8) is 0 Å². The van der Waals surface area contributed by atoms with E-state index in [2.05, 4.69) is 27.9 Å². The first-order chi connectivity index (χ1) is 10.0. The summed E-state index contributed by atoms with van der Waals surface area (Å²) < 4.78 is 10.9. The second kappa shape index (κ2) is 9.69. The molecule has 21 heavy (non-hydrogen) atoms. The van der Waals surface area contributed by atoms with Crippen molar-refractivity contribution < 1.29 is 24.2 Å². The molecule has 7 heteroatoms. The molecule has 0 fully saturated rings. The standard InChI is InChI=1S/C14H18INO5/c1-20-5-6-21-9-13(17)16-12(14(18)19)8-10-3-2-4-11(15)7-10/h2-4,7,12H,5-6,8-9H2,1H3,(H,16,17)(H,18,19)/t12-/m0/s1. The molecule has 1 amide bonds. The van der Waals surface area contributed by atoms with Gasteiger partial charge in [-0.15, -0.1) is 0 Å². The van der Waals surface area contributed by atoms with E-state index >= 15 is 0 Å². The minimum atomic E-state index is -1.07. The summed E-state index contributed by atoms with van der Waals surface area (Å²) in [5, 5.41) is 11.6. The molecule has 0 unspecified atom stereocenters. The maximum Gasteiger partial charge on any atom is 0.326 e. The number of carbonyl (C=O) groups is 2. The van der Waals surface area contributed by atoms with Gasteiger partial charge in [-0.05, 0) is 40.3 Å². The van der Waals surface area contributed by atoms with Crippen molar-refractivity contribution >= 4 is 34.5 Å². The van der Waals surface area contributed by atoms with Crippen molar-refractivity contribution in [3.05, 3.63) is 33.4 Å². The van der Waals surface area contributed by atoms with Gasteiger partial charge >= 0.3 is 5.97 Å². The van der Waals surface area contributed by atoms with Gasteiger partial charge in [0.05, 0.1) is 13.2 Å². The van der Waals surface area contributed by atoms with Crippen LogP contribution in [0, 0.1) is 3.57 Å². The van der Waals surface area contributed by atoms with E-state index in [0.29, 0.717) is 13.2 Å². The zero-order chi connectivity index (χ0) is 15.7. The van der Waals surface area contributed by atoms with Gasteiger partial charge in [0.15, 0.2) is 0 Å². The molecule has 0 bridgehead atoms. The van der Waals surface area contributed by atoms with Crippen LogP contribution in [0.25, 0.3) is 0 Å². The van der Waals surface area contributed by atoms with Crippen LogP contribution < -0.4 is 5.32 Å². The number of carboxylic acid groups (broad SMARTS) is 1. The number of methoxy groups -OCH3 is 1. The van der Waals surface area contributed by atoms with E-state index < -0.39 is 17.9 Å². The topological polar surface area (TPSA) is 84.9 Å². The van der Waals surface area contributed by atoms with E-state index in [4.69, 9.17) is 9.47 Å². The van der Waals surface area contributed by atoms with Crippen molar-refractivity contribution in [1.29, 1.82) is 0 Å². The number of rotatable bonds is 9. The second-order valence-corrected chi connectivity index (χ2v) is 5.58. The van der Waals surface area contributed by atoms with Crippen LogP contribution >= 0.6 is 22.6 Å². The third kappa shape index (κ3) is 7.39. The van der Waals surface area contributed by atoms with E-state index in [-0.39, 0.29) is 13.0 Å². The number of ether oxygens (including phenoxy) is 2. The molecule has 116 valence electrons. The summed E-state index contributed by atoms with van der Waals surface area (Å²) >= 11 is 2.15. The lowest BCUT2D eigenvalue weighted by molar-refractivity contribution is -0.142. The van der Waals surface area contributed by atoms with Crippen LogP contribution in [0.1, 0.15) is 5.56 Å². The molecule has 0 saturated carbocycles. The Hall–Kier alpha value is -1.19. The van der Waals surface area contributed by atoms with Crippen LogP contribution in [0.2, 0.25) is 0 Å². The van der Waals surface area contributed by atoms with Gasteiger partial charge in [-0.25, -0.2) is 4.79 Å². The molecule has 0 aliphatic heterocycles. The molecule has 2 N–H and O–H groups in total. The lowest BCUT2D eigenvalue weighted by Gasteiger charge is -2.15. The second-order valence-electron chi connectivity index (χ2n) is 4.34. The Bertz CT molecular complexity index is 480. The third-order valence-corrected chi connectivity index (χ3v) is 3.30. The van der Waals surface area contributed by atoms with Gasteiger partial charge in [-0.3, -0.25) is 4.79 Å². The van der Waals surface area contributed by atoms with Gasteiger partial charge < -0.3 is 19.9 Å². The minimum absolute atomic E-state index is 0.181. The Morgan fingerprint density at radius 3 is 2.76 bits per heavy atom. The zero-order valence-corrected chi connectivity index (χ0v) is 13.8. The van der Waals surface area contributed by atoms with Crippen molar-refractivity contribution in [2.24, 2.45) is 0 Å². The van der Waals surface area contributed by atoms with Crippen molar-refractivity contribution in [2.45, 2.75) is 12.5 Å². The van der Waals surface area contributed by atoms with Crippen LogP contribution in [0.4, 0.5) is 0 Å². The molecule has 0 radical (unpaired) electrons.